The third kappa shape index (κ3) is 118. The van der Waals surface area contributed by atoms with Crippen LogP contribution in [-0.2, 0) is 19.5 Å². The van der Waals surface area contributed by atoms with E-state index in [2.05, 4.69) is 0 Å². The van der Waals surface area contributed by atoms with Gasteiger partial charge in [-0.25, -0.2) is 0 Å². The van der Waals surface area contributed by atoms with Gasteiger partial charge in [-0.3, -0.25) is 0 Å². The van der Waals surface area contributed by atoms with Gasteiger partial charge in [0.25, 0.3) is 0 Å². The summed E-state index contributed by atoms with van der Waals surface area (Å²) in [6.45, 7) is 0. The fraction of sp³-hybridized carbons (Fsp3) is 0. The minimum atomic E-state index is -4.69. The normalized spacial score (nSPS) is 10.0. The molecule has 0 fully saturated rings. The van der Waals surface area contributed by atoms with Crippen molar-refractivity contribution in [3.05, 3.63) is 0 Å². The first-order chi connectivity index (χ1) is 2.00. The summed E-state index contributed by atoms with van der Waals surface area (Å²) in [5.74, 6) is 0. The molecule has 6 heteroatoms. The van der Waals surface area contributed by atoms with E-state index in [0.717, 1.165) is 0 Å². The molecule has 0 spiro atoms. The van der Waals surface area contributed by atoms with Crippen LogP contribution in [0.2, 0.25) is 0 Å². The molecule has 0 unspecified atom stereocenters. The Morgan fingerprint density at radius 1 is 1.17 bits per heavy atom. The standard InChI is InChI=1S/ClHO4.Zn/c2-1(3,4)5;/h(H,2,3,4,5);. The molecule has 0 aromatic rings. The van der Waals surface area contributed by atoms with Crippen molar-refractivity contribution in [3.63, 3.8) is 0 Å². The molecule has 0 aromatic carbocycles. The van der Waals surface area contributed by atoms with E-state index in [1.54, 1.807) is 0 Å². The van der Waals surface area contributed by atoms with E-state index in [4.69, 9.17) is 18.6 Å². The van der Waals surface area contributed by atoms with E-state index >= 15 is 0 Å². The van der Waals surface area contributed by atoms with Crippen LogP contribution in [0.3, 0.4) is 0 Å². The quantitative estimate of drug-likeness (QED) is 0.370. The van der Waals surface area contributed by atoms with Gasteiger partial charge in [0, 0.05) is 19.5 Å². The molecule has 34 valence electrons. The van der Waals surface area contributed by atoms with Gasteiger partial charge in [-0.15, -0.1) is 0 Å². The first kappa shape index (κ1) is 9.89. The molecular weight excluding hydrogens is 165 g/mol. The Hall–Kier alpha value is 0.753. The van der Waals surface area contributed by atoms with Gasteiger partial charge in [-0.1, -0.05) is 0 Å². The number of rotatable bonds is 0. The van der Waals surface area contributed by atoms with Crippen LogP contribution in [0.1, 0.15) is 0 Å². The fourth-order valence-corrected chi connectivity index (χ4v) is 0. The second kappa shape index (κ2) is 2.85. The molecule has 4 nitrogen and oxygen atoms in total. The van der Waals surface area contributed by atoms with Gasteiger partial charge in [0.05, 0.1) is 14.9 Å². The van der Waals surface area contributed by atoms with Crippen LogP contribution in [0.25, 0.3) is 0 Å². The summed E-state index contributed by atoms with van der Waals surface area (Å²) in [6, 6.07) is 0. The molecule has 0 rings (SSSR count). The Bertz CT molecular complexity index is 23.0. The van der Waals surface area contributed by atoms with E-state index < -0.39 is 10.2 Å². The molecule has 1 N–H and O–H groups in total. The Morgan fingerprint density at radius 2 is 1.17 bits per heavy atom. The maximum absolute atomic E-state index is 8.60. The van der Waals surface area contributed by atoms with E-state index in [1.807, 2.05) is 0 Å². The molecule has 0 aromatic heterocycles. The van der Waals surface area contributed by atoms with Crippen molar-refractivity contribution in [2.75, 3.05) is 0 Å². The molecule has 0 aliphatic rings. The van der Waals surface area contributed by atoms with Crippen LogP contribution in [-0.4, -0.2) is 4.66 Å². The van der Waals surface area contributed by atoms with Crippen molar-refractivity contribution in [1.29, 1.82) is 0 Å². The molecule has 0 aliphatic heterocycles. The third-order valence-electron chi connectivity index (χ3n) is 0. The zero-order chi connectivity index (χ0) is 4.50. The molecule has 0 radical (unpaired) electrons. The van der Waals surface area contributed by atoms with Crippen LogP contribution in [0, 0.1) is 10.2 Å². The average molecular weight is 166 g/mol. The molecule has 0 bridgehead atoms. The van der Waals surface area contributed by atoms with Gasteiger partial charge in [0.15, 0.2) is 0 Å². The van der Waals surface area contributed by atoms with E-state index in [1.165, 1.54) is 0 Å². The molecule has 0 saturated carbocycles. The minimum absolute atomic E-state index is 0. The molecular formula is HClO4Zn. The maximum Gasteiger partial charge on any atom is 0.0777 e. The second-order valence-corrected chi connectivity index (χ2v) is 1.19. The molecule has 0 heterocycles. The number of hydrogen-bond acceptors (Lipinski definition) is 4. The zero-order valence-electron chi connectivity index (χ0n) is 2.76. The summed E-state index contributed by atoms with van der Waals surface area (Å²) in [6.07, 6.45) is 0. The molecule has 6 heavy (non-hydrogen) atoms. The number of halogens is 1. The van der Waals surface area contributed by atoms with E-state index in [9.17, 15) is 0 Å². The van der Waals surface area contributed by atoms with Crippen LogP contribution in [0.5, 0.6) is 0 Å². The fourth-order valence-electron chi connectivity index (χ4n) is 0. The monoisotopic (exact) mass is 164 g/mol. The predicted molar refractivity (Wildman–Crippen MR) is 2.22 cm³/mol. The van der Waals surface area contributed by atoms with E-state index in [0.29, 0.717) is 0 Å². The first-order valence-corrected chi connectivity index (χ1v) is 1.90. The van der Waals surface area contributed by atoms with Crippen LogP contribution in [0.15, 0.2) is 0 Å². The van der Waals surface area contributed by atoms with Crippen LogP contribution < -0.4 is 14.0 Å². The van der Waals surface area contributed by atoms with Crippen molar-refractivity contribution in [3.8, 4) is 0 Å². The summed E-state index contributed by atoms with van der Waals surface area (Å²) in [4.78, 5) is 0. The van der Waals surface area contributed by atoms with Crippen LogP contribution in [0.4, 0.5) is 0 Å². The summed E-state index contributed by atoms with van der Waals surface area (Å²) >= 11 is 0. The molecule has 0 amide bonds. The Balaban J connectivity index is 0. The van der Waals surface area contributed by atoms with E-state index in [-0.39, 0.29) is 19.5 Å². The van der Waals surface area contributed by atoms with Gasteiger partial charge in [-0.05, 0) is 0 Å². The van der Waals surface area contributed by atoms with Crippen molar-refractivity contribution < 1.29 is 48.4 Å². The van der Waals surface area contributed by atoms with Gasteiger partial charge in [0.2, 0.25) is 0 Å². The van der Waals surface area contributed by atoms with Crippen molar-refractivity contribution in [1.82, 2.24) is 0 Å². The topological polar surface area (TPSA) is 89.4 Å². The van der Waals surface area contributed by atoms with Gasteiger partial charge in [-0.2, -0.15) is 14.0 Å². The van der Waals surface area contributed by atoms with Crippen molar-refractivity contribution in [2.45, 2.75) is 0 Å². The molecule has 0 saturated heterocycles. The first-order valence-electron chi connectivity index (χ1n) is 0.632. The second-order valence-electron chi connectivity index (χ2n) is 0.396. The predicted octanol–water partition coefficient (Wildman–Crippen LogP) is -4.13. The Kier molecular flexibility index (Phi) is 4.70. The minimum Gasteiger partial charge on any atom is -0.183 e. The van der Waals surface area contributed by atoms with Crippen molar-refractivity contribution >= 4 is 0 Å². The zero-order valence-corrected chi connectivity index (χ0v) is 6.48. The summed E-state index contributed by atoms with van der Waals surface area (Å²) < 4.78 is 32.7. The Morgan fingerprint density at radius 3 is 1.17 bits per heavy atom. The van der Waals surface area contributed by atoms with Gasteiger partial charge >= 0.3 is 0 Å². The largest absolute Gasteiger partial charge is 0.183 e. The van der Waals surface area contributed by atoms with Gasteiger partial charge in [0.1, 0.15) is 0 Å². The van der Waals surface area contributed by atoms with Crippen molar-refractivity contribution in [2.24, 2.45) is 0 Å². The Labute approximate surface area is 48.9 Å². The van der Waals surface area contributed by atoms with Crippen LogP contribution >= 0.6 is 0 Å². The SMILES string of the molecule is [O-][Cl+3]([O-])([O-])O.[Zn]. The summed E-state index contributed by atoms with van der Waals surface area (Å²) in [5, 5.41) is 0. The summed E-state index contributed by atoms with van der Waals surface area (Å²) in [5.41, 5.74) is 0. The number of hydrogen-bond donors (Lipinski definition) is 1. The molecule has 0 aliphatic carbocycles. The smallest absolute Gasteiger partial charge is 0.0777 e. The maximum atomic E-state index is 8.60. The summed E-state index contributed by atoms with van der Waals surface area (Å²) in [7, 11) is -4.69. The van der Waals surface area contributed by atoms with Gasteiger partial charge < -0.3 is 0 Å². The third-order valence-corrected chi connectivity index (χ3v) is 0. The average Bonchev–Trinajstić information content (AvgIpc) is 0.722. The molecule has 0 atom stereocenters.